The van der Waals surface area contributed by atoms with Gasteiger partial charge in [-0.25, -0.2) is 8.42 Å². The molecule has 1 aliphatic heterocycles. The second kappa shape index (κ2) is 7.45. The summed E-state index contributed by atoms with van der Waals surface area (Å²) in [5.74, 6) is 0.838. The second-order valence-corrected chi connectivity index (χ2v) is 7.76. The van der Waals surface area contributed by atoms with Crippen molar-refractivity contribution in [1.82, 2.24) is 14.1 Å². The lowest BCUT2D eigenvalue weighted by Gasteiger charge is -2.35. The molecule has 1 aromatic heterocycles. The quantitative estimate of drug-likeness (QED) is 0.782. The SMILES string of the molecule is CCOc1ccccc1N1CCN(S(=O)(=O)c2cnn(CC)c2)CC1. The average Bonchev–Trinajstić information content (AvgIpc) is 3.13. The van der Waals surface area contributed by atoms with Gasteiger partial charge in [0.1, 0.15) is 10.6 Å². The first-order valence-corrected chi connectivity index (χ1v) is 9.99. The molecule has 0 amide bonds. The van der Waals surface area contributed by atoms with Gasteiger partial charge in [0, 0.05) is 38.9 Å². The molecule has 0 aliphatic carbocycles. The van der Waals surface area contributed by atoms with Gasteiger partial charge in [0.05, 0.1) is 18.5 Å². The first-order chi connectivity index (χ1) is 12.1. The van der Waals surface area contributed by atoms with Crippen molar-refractivity contribution in [2.45, 2.75) is 25.3 Å². The number of benzene rings is 1. The standard InChI is InChI=1S/C17H24N4O3S/c1-3-20-14-15(13-18-20)25(22,23)21-11-9-19(10-12-21)16-7-5-6-8-17(16)24-4-2/h5-8,13-14H,3-4,9-12H2,1-2H3. The summed E-state index contributed by atoms with van der Waals surface area (Å²) in [7, 11) is -3.49. The molecular weight excluding hydrogens is 340 g/mol. The van der Waals surface area contributed by atoms with Crippen molar-refractivity contribution in [2.75, 3.05) is 37.7 Å². The second-order valence-electron chi connectivity index (χ2n) is 5.82. The van der Waals surface area contributed by atoms with Crippen molar-refractivity contribution < 1.29 is 13.2 Å². The van der Waals surface area contributed by atoms with Crippen LogP contribution in [0.2, 0.25) is 0 Å². The Bertz CT molecular complexity index is 811. The number of hydrogen-bond donors (Lipinski definition) is 0. The predicted molar refractivity (Wildman–Crippen MR) is 96.5 cm³/mol. The number of sulfonamides is 1. The third kappa shape index (κ3) is 3.64. The van der Waals surface area contributed by atoms with Crippen molar-refractivity contribution in [1.29, 1.82) is 0 Å². The van der Waals surface area contributed by atoms with E-state index in [4.69, 9.17) is 4.74 Å². The minimum Gasteiger partial charge on any atom is -0.492 e. The van der Waals surface area contributed by atoms with Crippen molar-refractivity contribution in [3.8, 4) is 5.75 Å². The minimum absolute atomic E-state index is 0.262. The topological polar surface area (TPSA) is 67.7 Å². The fourth-order valence-electron chi connectivity index (χ4n) is 2.97. The molecule has 7 nitrogen and oxygen atoms in total. The summed E-state index contributed by atoms with van der Waals surface area (Å²) in [6.07, 6.45) is 3.02. The minimum atomic E-state index is -3.49. The summed E-state index contributed by atoms with van der Waals surface area (Å²) in [4.78, 5) is 2.43. The molecule has 0 bridgehead atoms. The van der Waals surface area contributed by atoms with Gasteiger partial charge in [-0.1, -0.05) is 12.1 Å². The molecule has 3 rings (SSSR count). The largest absolute Gasteiger partial charge is 0.492 e. The van der Waals surface area contributed by atoms with Crippen LogP contribution in [0.15, 0.2) is 41.6 Å². The van der Waals surface area contributed by atoms with E-state index in [2.05, 4.69) is 10.00 Å². The number of aryl methyl sites for hydroxylation is 1. The monoisotopic (exact) mass is 364 g/mol. The molecule has 136 valence electrons. The number of piperazine rings is 1. The Morgan fingerprint density at radius 2 is 1.84 bits per heavy atom. The van der Waals surface area contributed by atoms with Crippen molar-refractivity contribution >= 4 is 15.7 Å². The van der Waals surface area contributed by atoms with E-state index in [1.807, 2.05) is 38.1 Å². The zero-order valence-electron chi connectivity index (χ0n) is 14.6. The number of para-hydroxylation sites is 2. The van der Waals surface area contributed by atoms with Gasteiger partial charge in [0.15, 0.2) is 0 Å². The third-order valence-electron chi connectivity index (χ3n) is 4.32. The average molecular weight is 364 g/mol. The van der Waals surface area contributed by atoms with Crippen LogP contribution in [0.4, 0.5) is 5.69 Å². The number of rotatable bonds is 6. The number of hydrogen-bond acceptors (Lipinski definition) is 5. The molecule has 1 aliphatic rings. The van der Waals surface area contributed by atoms with Gasteiger partial charge in [0.25, 0.3) is 0 Å². The molecule has 1 fully saturated rings. The van der Waals surface area contributed by atoms with E-state index in [1.54, 1.807) is 10.9 Å². The molecule has 0 N–H and O–H groups in total. The summed E-state index contributed by atoms with van der Waals surface area (Å²) < 4.78 is 34.4. The smallest absolute Gasteiger partial charge is 0.246 e. The lowest BCUT2D eigenvalue weighted by Crippen LogP contribution is -2.48. The fraction of sp³-hybridized carbons (Fsp3) is 0.471. The van der Waals surface area contributed by atoms with Crippen LogP contribution in [0.3, 0.4) is 0 Å². The first-order valence-electron chi connectivity index (χ1n) is 8.55. The molecule has 8 heteroatoms. The summed E-state index contributed by atoms with van der Waals surface area (Å²) in [5, 5.41) is 4.07. The Balaban J connectivity index is 1.71. The highest BCUT2D eigenvalue weighted by Crippen LogP contribution is 2.29. The lowest BCUT2D eigenvalue weighted by atomic mass is 10.2. The summed E-state index contributed by atoms with van der Waals surface area (Å²) in [6.45, 7) is 7.29. The van der Waals surface area contributed by atoms with Gasteiger partial charge in [-0.15, -0.1) is 0 Å². The van der Waals surface area contributed by atoms with Gasteiger partial charge in [-0.05, 0) is 26.0 Å². The molecule has 1 aromatic carbocycles. The Morgan fingerprint density at radius 1 is 1.12 bits per heavy atom. The number of anilines is 1. The zero-order chi connectivity index (χ0) is 17.9. The Kier molecular flexibility index (Phi) is 5.29. The van der Waals surface area contributed by atoms with E-state index in [0.29, 0.717) is 39.3 Å². The van der Waals surface area contributed by atoms with Crippen LogP contribution in [0, 0.1) is 0 Å². The highest BCUT2D eigenvalue weighted by molar-refractivity contribution is 7.89. The van der Waals surface area contributed by atoms with E-state index >= 15 is 0 Å². The molecule has 0 unspecified atom stereocenters. The van der Waals surface area contributed by atoms with Crippen LogP contribution >= 0.6 is 0 Å². The number of aromatic nitrogens is 2. The molecule has 0 saturated carbocycles. The third-order valence-corrected chi connectivity index (χ3v) is 6.17. The normalized spacial score (nSPS) is 16.2. The highest BCUT2D eigenvalue weighted by Gasteiger charge is 2.30. The van der Waals surface area contributed by atoms with E-state index in [-0.39, 0.29) is 4.90 Å². The van der Waals surface area contributed by atoms with Crippen LogP contribution in [0.1, 0.15) is 13.8 Å². The van der Waals surface area contributed by atoms with Gasteiger partial charge < -0.3 is 9.64 Å². The van der Waals surface area contributed by atoms with Crippen molar-refractivity contribution in [3.63, 3.8) is 0 Å². The molecule has 25 heavy (non-hydrogen) atoms. The van der Waals surface area contributed by atoms with Crippen LogP contribution < -0.4 is 9.64 Å². The lowest BCUT2D eigenvalue weighted by molar-refractivity contribution is 0.337. The van der Waals surface area contributed by atoms with E-state index < -0.39 is 10.0 Å². The molecule has 0 spiro atoms. The molecule has 2 aromatic rings. The van der Waals surface area contributed by atoms with E-state index in [0.717, 1.165) is 11.4 Å². The first kappa shape index (κ1) is 17.8. The maximum absolute atomic E-state index is 12.8. The van der Waals surface area contributed by atoms with E-state index in [1.165, 1.54) is 10.5 Å². The summed E-state index contributed by atoms with van der Waals surface area (Å²) >= 11 is 0. The van der Waals surface area contributed by atoms with E-state index in [9.17, 15) is 8.42 Å². The Labute approximate surface area is 148 Å². The molecular formula is C17H24N4O3S. The maximum atomic E-state index is 12.8. The van der Waals surface area contributed by atoms with Crippen molar-refractivity contribution in [2.24, 2.45) is 0 Å². The molecule has 0 radical (unpaired) electrons. The van der Waals surface area contributed by atoms with Gasteiger partial charge >= 0.3 is 0 Å². The number of ether oxygens (including phenoxy) is 1. The maximum Gasteiger partial charge on any atom is 0.246 e. The van der Waals surface area contributed by atoms with Crippen LogP contribution in [-0.2, 0) is 16.6 Å². The Morgan fingerprint density at radius 3 is 2.48 bits per heavy atom. The number of nitrogens with zero attached hydrogens (tertiary/aromatic N) is 4. The van der Waals surface area contributed by atoms with Crippen LogP contribution in [0.25, 0.3) is 0 Å². The summed E-state index contributed by atoms with van der Waals surface area (Å²) in [6, 6.07) is 7.88. The van der Waals surface area contributed by atoms with Gasteiger partial charge in [-0.2, -0.15) is 9.40 Å². The predicted octanol–water partition coefficient (Wildman–Crippen LogP) is 1.81. The van der Waals surface area contributed by atoms with Crippen LogP contribution in [0.5, 0.6) is 5.75 Å². The highest BCUT2D eigenvalue weighted by atomic mass is 32.2. The summed E-state index contributed by atoms with van der Waals surface area (Å²) in [5.41, 5.74) is 1.01. The molecule has 2 heterocycles. The Hall–Kier alpha value is -2.06. The molecule has 0 atom stereocenters. The molecule has 1 saturated heterocycles. The van der Waals surface area contributed by atoms with Crippen molar-refractivity contribution in [3.05, 3.63) is 36.7 Å². The van der Waals surface area contributed by atoms with Gasteiger partial charge in [0.2, 0.25) is 10.0 Å². The fourth-order valence-corrected chi connectivity index (χ4v) is 4.34. The van der Waals surface area contributed by atoms with Gasteiger partial charge in [-0.3, -0.25) is 4.68 Å². The zero-order valence-corrected chi connectivity index (χ0v) is 15.4. The van der Waals surface area contributed by atoms with Crippen LogP contribution in [-0.4, -0.2) is 55.3 Å².